The first-order chi connectivity index (χ1) is 19.7. The fourth-order valence-electron chi connectivity index (χ4n) is 6.33. The molecule has 3 unspecified atom stereocenters. The van der Waals surface area contributed by atoms with Gasteiger partial charge in [-0.25, -0.2) is 9.59 Å². The molecule has 216 valence electrons. The van der Waals surface area contributed by atoms with Crippen molar-refractivity contribution in [2.24, 2.45) is 11.8 Å². The lowest BCUT2D eigenvalue weighted by atomic mass is 9.80. The smallest absolute Gasteiger partial charge is 0.339 e. The van der Waals surface area contributed by atoms with Crippen molar-refractivity contribution in [2.45, 2.75) is 51.9 Å². The monoisotopic (exact) mass is 561 g/mol. The van der Waals surface area contributed by atoms with Crippen LogP contribution in [0.4, 0.5) is 5.69 Å². The molecule has 2 aromatic rings. The maximum absolute atomic E-state index is 13.6. The van der Waals surface area contributed by atoms with Crippen molar-refractivity contribution >= 4 is 17.6 Å². The van der Waals surface area contributed by atoms with Crippen molar-refractivity contribution in [1.29, 1.82) is 0 Å². The van der Waals surface area contributed by atoms with E-state index in [0.29, 0.717) is 35.9 Å². The summed E-state index contributed by atoms with van der Waals surface area (Å²) in [7, 11) is 0. The van der Waals surface area contributed by atoms with Crippen molar-refractivity contribution in [3.63, 3.8) is 0 Å². The van der Waals surface area contributed by atoms with Crippen LogP contribution in [0.5, 0.6) is 0 Å². The van der Waals surface area contributed by atoms with Crippen molar-refractivity contribution in [1.82, 2.24) is 10.2 Å². The summed E-state index contributed by atoms with van der Waals surface area (Å²) in [5.41, 5.74) is 2.30. The molecular formula is C31H35N3O7. The van der Waals surface area contributed by atoms with Crippen molar-refractivity contribution in [3.8, 4) is 0 Å². The number of nitro benzene ring substituents is 1. The van der Waals surface area contributed by atoms with E-state index < -0.39 is 29.1 Å². The van der Waals surface area contributed by atoms with Crippen LogP contribution >= 0.6 is 0 Å². The van der Waals surface area contributed by atoms with Gasteiger partial charge in [0.1, 0.15) is 0 Å². The van der Waals surface area contributed by atoms with Crippen LogP contribution in [0.3, 0.4) is 0 Å². The molecule has 3 heterocycles. The number of ether oxygens (including phenoxy) is 2. The quantitative estimate of drug-likeness (QED) is 0.267. The first kappa shape index (κ1) is 28.5. The maximum atomic E-state index is 13.6. The van der Waals surface area contributed by atoms with Gasteiger partial charge in [0.05, 0.1) is 28.6 Å². The SMILES string of the molecule is CC1=C(C(=O)O)C(c2cccc([N+](=O)[O-])c2)C(C(=O)OC2CC(C3CCN(Cc4ccccc4)CC3)CO2)=C(C)N1. The molecule has 10 heteroatoms. The third kappa shape index (κ3) is 6.34. The van der Waals surface area contributed by atoms with Crippen molar-refractivity contribution in [3.05, 3.63) is 98.4 Å². The summed E-state index contributed by atoms with van der Waals surface area (Å²) in [6, 6.07) is 16.2. The minimum absolute atomic E-state index is 0.0597. The number of carbonyl (C=O) groups is 2. The van der Waals surface area contributed by atoms with E-state index in [1.54, 1.807) is 19.9 Å². The summed E-state index contributed by atoms with van der Waals surface area (Å²) < 4.78 is 11.7. The Morgan fingerprint density at radius 2 is 1.76 bits per heavy atom. The van der Waals surface area contributed by atoms with Crippen LogP contribution < -0.4 is 5.32 Å². The standard InChI is InChI=1S/C31H35N3O7/c1-19-27(30(35)36)29(23-9-6-10-25(15-23)34(38)39)28(20(2)32-19)31(37)41-26-16-24(18-40-26)22-11-13-33(14-12-22)17-21-7-4-3-5-8-21/h3-10,15,22,24,26,29,32H,11-14,16-18H2,1-2H3,(H,35,36). The Labute approximate surface area is 238 Å². The van der Waals surface area contributed by atoms with Crippen LogP contribution in [-0.4, -0.2) is 52.9 Å². The second-order valence-corrected chi connectivity index (χ2v) is 11.1. The highest BCUT2D eigenvalue weighted by atomic mass is 16.7. The number of non-ortho nitro benzene ring substituents is 1. The molecule has 0 aliphatic carbocycles. The van der Waals surface area contributed by atoms with E-state index in [4.69, 9.17) is 9.47 Å². The predicted octanol–water partition coefficient (Wildman–Crippen LogP) is 4.73. The minimum atomic E-state index is -1.22. The van der Waals surface area contributed by atoms with Gasteiger partial charge in [-0.2, -0.15) is 0 Å². The fourth-order valence-corrected chi connectivity index (χ4v) is 6.33. The summed E-state index contributed by atoms with van der Waals surface area (Å²) in [6.45, 7) is 6.74. The Morgan fingerprint density at radius 1 is 1.05 bits per heavy atom. The van der Waals surface area contributed by atoms with E-state index >= 15 is 0 Å². The number of esters is 1. The highest BCUT2D eigenvalue weighted by Crippen LogP contribution is 2.41. The molecule has 2 aromatic carbocycles. The molecule has 5 rings (SSSR count). The molecular weight excluding hydrogens is 526 g/mol. The minimum Gasteiger partial charge on any atom is -0.478 e. The Morgan fingerprint density at radius 3 is 2.44 bits per heavy atom. The van der Waals surface area contributed by atoms with Gasteiger partial charge >= 0.3 is 11.9 Å². The molecule has 41 heavy (non-hydrogen) atoms. The molecule has 2 N–H and O–H groups in total. The molecule has 0 saturated carbocycles. The average molecular weight is 562 g/mol. The summed E-state index contributed by atoms with van der Waals surface area (Å²) >= 11 is 0. The first-order valence-electron chi connectivity index (χ1n) is 14.0. The number of carboxylic acid groups (broad SMARTS) is 1. The fraction of sp³-hybridized carbons (Fsp3) is 0.419. The molecule has 3 aliphatic rings. The highest BCUT2D eigenvalue weighted by molar-refractivity contribution is 5.99. The maximum Gasteiger partial charge on any atom is 0.339 e. The molecule has 10 nitrogen and oxygen atoms in total. The summed E-state index contributed by atoms with van der Waals surface area (Å²) in [5, 5.41) is 24.4. The Balaban J connectivity index is 1.25. The van der Waals surface area contributed by atoms with E-state index in [9.17, 15) is 24.8 Å². The number of nitro groups is 1. The molecule has 3 aliphatic heterocycles. The van der Waals surface area contributed by atoms with Gasteiger partial charge < -0.3 is 19.9 Å². The van der Waals surface area contributed by atoms with E-state index in [1.807, 2.05) is 6.07 Å². The number of nitrogens with one attached hydrogen (secondary N) is 1. The Bertz CT molecular complexity index is 1380. The van der Waals surface area contributed by atoms with Gasteiger partial charge in [-0.1, -0.05) is 42.5 Å². The zero-order valence-corrected chi connectivity index (χ0v) is 23.2. The number of hydrogen-bond donors (Lipinski definition) is 2. The van der Waals surface area contributed by atoms with E-state index in [0.717, 1.165) is 32.5 Å². The van der Waals surface area contributed by atoms with Crippen LogP contribution in [0.1, 0.15) is 50.2 Å². The third-order valence-electron chi connectivity index (χ3n) is 8.40. The number of carboxylic acids is 1. The number of dihydropyridines is 1. The highest BCUT2D eigenvalue weighted by Gasteiger charge is 2.40. The van der Waals surface area contributed by atoms with Crippen molar-refractivity contribution < 1.29 is 29.1 Å². The van der Waals surface area contributed by atoms with E-state index in [-0.39, 0.29) is 22.8 Å². The topological polar surface area (TPSA) is 131 Å². The Hall–Kier alpha value is -4.02. The van der Waals surface area contributed by atoms with E-state index in [2.05, 4.69) is 34.5 Å². The lowest BCUT2D eigenvalue weighted by molar-refractivity contribution is -0.384. The molecule has 0 spiro atoms. The van der Waals surface area contributed by atoms with Crippen molar-refractivity contribution in [2.75, 3.05) is 19.7 Å². The molecule has 0 bridgehead atoms. The second-order valence-electron chi connectivity index (χ2n) is 11.1. The van der Waals surface area contributed by atoms with Gasteiger partial charge in [0, 0.05) is 36.5 Å². The number of nitrogens with zero attached hydrogens (tertiary/aromatic N) is 2. The Kier molecular flexibility index (Phi) is 8.51. The largest absolute Gasteiger partial charge is 0.478 e. The zero-order chi connectivity index (χ0) is 29.1. The first-order valence-corrected chi connectivity index (χ1v) is 14.0. The lowest BCUT2D eigenvalue weighted by Crippen LogP contribution is -2.36. The molecule has 0 aromatic heterocycles. The predicted molar refractivity (Wildman–Crippen MR) is 150 cm³/mol. The lowest BCUT2D eigenvalue weighted by Gasteiger charge is -2.34. The molecule has 3 atom stereocenters. The van der Waals surface area contributed by atoms with Crippen LogP contribution in [-0.2, 0) is 25.6 Å². The van der Waals surface area contributed by atoms with Crippen LogP contribution in [0.15, 0.2) is 77.1 Å². The number of aliphatic carboxylic acids is 1. The number of rotatable bonds is 8. The van der Waals surface area contributed by atoms with Gasteiger partial charge in [0.2, 0.25) is 6.29 Å². The summed E-state index contributed by atoms with van der Waals surface area (Å²) in [6.07, 6.45) is 1.95. The van der Waals surface area contributed by atoms with Crippen LogP contribution in [0, 0.1) is 22.0 Å². The molecule has 0 radical (unpaired) electrons. The van der Waals surface area contributed by atoms with Gasteiger partial charge in [0.25, 0.3) is 5.69 Å². The third-order valence-corrected chi connectivity index (χ3v) is 8.40. The normalized spacial score (nSPS) is 23.8. The second kappa shape index (κ2) is 12.2. The molecule has 2 fully saturated rings. The number of likely N-dealkylation sites (tertiary alicyclic amines) is 1. The number of benzene rings is 2. The number of allylic oxidation sites excluding steroid dienone is 2. The van der Waals surface area contributed by atoms with Crippen LogP contribution in [0.2, 0.25) is 0 Å². The molecule has 2 saturated heterocycles. The van der Waals surface area contributed by atoms with Gasteiger partial charge in [-0.15, -0.1) is 0 Å². The molecule has 0 amide bonds. The number of hydrogen-bond acceptors (Lipinski definition) is 8. The van der Waals surface area contributed by atoms with Gasteiger partial charge in [0.15, 0.2) is 0 Å². The van der Waals surface area contributed by atoms with Gasteiger partial charge in [-0.05, 0) is 62.7 Å². The summed E-state index contributed by atoms with van der Waals surface area (Å²) in [4.78, 5) is 39.2. The number of carbonyl (C=O) groups excluding carboxylic acids is 1. The van der Waals surface area contributed by atoms with E-state index in [1.165, 1.54) is 23.8 Å². The zero-order valence-electron chi connectivity index (χ0n) is 23.2. The summed E-state index contributed by atoms with van der Waals surface area (Å²) in [5.74, 6) is -2.20. The van der Waals surface area contributed by atoms with Crippen LogP contribution in [0.25, 0.3) is 0 Å². The number of piperidine rings is 1. The van der Waals surface area contributed by atoms with Gasteiger partial charge in [-0.3, -0.25) is 15.0 Å². The average Bonchev–Trinajstić information content (AvgIpc) is 3.41.